The maximum absolute atomic E-state index is 10.1. The van der Waals surface area contributed by atoms with Gasteiger partial charge in [-0.15, -0.1) is 0 Å². The van der Waals surface area contributed by atoms with Crippen LogP contribution in [0.25, 0.3) is 6.08 Å². The molecule has 0 aliphatic rings. The van der Waals surface area contributed by atoms with Crippen molar-refractivity contribution >= 4 is 17.5 Å². The fourth-order valence-electron chi connectivity index (χ4n) is 2.90. The Balaban J connectivity index is 1.84. The van der Waals surface area contributed by atoms with E-state index in [1.165, 1.54) is 0 Å². The lowest BCUT2D eigenvalue weighted by Gasteiger charge is -2.21. The van der Waals surface area contributed by atoms with Gasteiger partial charge in [0.15, 0.2) is 0 Å². The number of benzene rings is 3. The highest BCUT2D eigenvalue weighted by Crippen LogP contribution is 2.34. The molecule has 0 radical (unpaired) electrons. The minimum Gasteiger partial charge on any atom is -0.508 e. The van der Waals surface area contributed by atoms with Crippen LogP contribution in [0.2, 0.25) is 0 Å². The van der Waals surface area contributed by atoms with Crippen molar-refractivity contribution in [3.8, 4) is 11.5 Å². The first kappa shape index (κ1) is 20.3. The maximum Gasteiger partial charge on any atom is 0.120 e. The molecule has 0 saturated carbocycles. The Bertz CT molecular complexity index is 1020. The SMILES string of the molecule is C=Cc1ccc(COc2ccc(O)c(C(C)(C)C)c2)c(N=Nc2ccccc2)c1. The summed E-state index contributed by atoms with van der Waals surface area (Å²) in [6.45, 7) is 10.3. The normalized spacial score (nSPS) is 11.6. The topological polar surface area (TPSA) is 54.2 Å². The van der Waals surface area contributed by atoms with Gasteiger partial charge in [0.2, 0.25) is 0 Å². The monoisotopic (exact) mass is 386 g/mol. The average Bonchev–Trinajstić information content (AvgIpc) is 2.71. The van der Waals surface area contributed by atoms with E-state index in [0.717, 1.165) is 28.1 Å². The molecule has 0 spiro atoms. The summed E-state index contributed by atoms with van der Waals surface area (Å²) in [5.41, 5.74) is 4.08. The standard InChI is InChI=1S/C25H26N2O2/c1-5-18-11-12-19(23(15-18)27-26-20-9-7-6-8-10-20)17-29-21-13-14-24(28)22(16-21)25(2,3)4/h5-16,28H,1,17H2,2-4H3. The second-order valence-corrected chi connectivity index (χ2v) is 7.85. The van der Waals surface area contributed by atoms with Crippen LogP contribution in [0.4, 0.5) is 11.4 Å². The lowest BCUT2D eigenvalue weighted by molar-refractivity contribution is 0.304. The van der Waals surface area contributed by atoms with Crippen molar-refractivity contribution in [2.75, 3.05) is 0 Å². The number of phenols is 1. The molecule has 1 N–H and O–H groups in total. The molecule has 3 aromatic carbocycles. The molecule has 0 aliphatic heterocycles. The van der Waals surface area contributed by atoms with Crippen LogP contribution in [0.15, 0.2) is 83.5 Å². The second-order valence-electron chi connectivity index (χ2n) is 7.85. The Hall–Kier alpha value is -3.40. The van der Waals surface area contributed by atoms with E-state index in [2.05, 4.69) is 37.6 Å². The van der Waals surface area contributed by atoms with Gasteiger partial charge >= 0.3 is 0 Å². The van der Waals surface area contributed by atoms with E-state index in [9.17, 15) is 5.11 Å². The lowest BCUT2D eigenvalue weighted by atomic mass is 9.86. The van der Waals surface area contributed by atoms with Gasteiger partial charge < -0.3 is 9.84 Å². The number of aromatic hydroxyl groups is 1. The number of azo groups is 1. The molecule has 0 heterocycles. The smallest absolute Gasteiger partial charge is 0.120 e. The fourth-order valence-corrected chi connectivity index (χ4v) is 2.90. The lowest BCUT2D eigenvalue weighted by Crippen LogP contribution is -2.11. The van der Waals surface area contributed by atoms with Crippen LogP contribution in [0.5, 0.6) is 11.5 Å². The predicted molar refractivity (Wildman–Crippen MR) is 118 cm³/mol. The van der Waals surface area contributed by atoms with Crippen LogP contribution in [-0.4, -0.2) is 5.11 Å². The summed E-state index contributed by atoms with van der Waals surface area (Å²) in [4.78, 5) is 0. The van der Waals surface area contributed by atoms with E-state index < -0.39 is 0 Å². The molecule has 0 unspecified atom stereocenters. The zero-order chi connectivity index (χ0) is 20.9. The van der Waals surface area contributed by atoms with Gasteiger partial charge in [-0.2, -0.15) is 10.2 Å². The van der Waals surface area contributed by atoms with Gasteiger partial charge in [-0.3, -0.25) is 0 Å². The van der Waals surface area contributed by atoms with E-state index in [-0.39, 0.29) is 11.2 Å². The first-order valence-corrected chi connectivity index (χ1v) is 9.55. The molecule has 0 aromatic heterocycles. The highest BCUT2D eigenvalue weighted by molar-refractivity contribution is 5.57. The molecule has 0 aliphatic carbocycles. The molecule has 0 saturated heterocycles. The van der Waals surface area contributed by atoms with Gasteiger partial charge in [-0.05, 0) is 47.4 Å². The van der Waals surface area contributed by atoms with Crippen molar-refractivity contribution in [2.45, 2.75) is 32.8 Å². The largest absolute Gasteiger partial charge is 0.508 e. The minimum atomic E-state index is -0.176. The third-order valence-corrected chi connectivity index (χ3v) is 4.54. The van der Waals surface area contributed by atoms with E-state index in [4.69, 9.17) is 4.74 Å². The van der Waals surface area contributed by atoms with Crippen molar-refractivity contribution in [1.82, 2.24) is 0 Å². The van der Waals surface area contributed by atoms with Crippen LogP contribution in [0.1, 0.15) is 37.5 Å². The van der Waals surface area contributed by atoms with Gasteiger partial charge in [0, 0.05) is 11.1 Å². The summed E-state index contributed by atoms with van der Waals surface area (Å²) in [5.74, 6) is 0.976. The van der Waals surface area contributed by atoms with Crippen LogP contribution >= 0.6 is 0 Å². The Morgan fingerprint density at radius 3 is 2.41 bits per heavy atom. The zero-order valence-electron chi connectivity index (χ0n) is 17.1. The molecule has 3 rings (SSSR count). The van der Waals surface area contributed by atoms with Gasteiger partial charge in [-0.1, -0.05) is 63.8 Å². The molecule has 148 valence electrons. The number of phenolic OH excluding ortho intramolecular Hbond substituents is 1. The summed E-state index contributed by atoms with van der Waals surface area (Å²) in [5, 5.41) is 18.9. The number of hydrogen-bond donors (Lipinski definition) is 1. The Morgan fingerprint density at radius 1 is 0.966 bits per heavy atom. The van der Waals surface area contributed by atoms with Gasteiger partial charge in [0.1, 0.15) is 18.1 Å². The first-order valence-electron chi connectivity index (χ1n) is 9.55. The Morgan fingerprint density at radius 2 is 1.72 bits per heavy atom. The second kappa shape index (κ2) is 8.74. The van der Waals surface area contributed by atoms with E-state index in [0.29, 0.717) is 12.4 Å². The van der Waals surface area contributed by atoms with Crippen LogP contribution < -0.4 is 4.74 Å². The third kappa shape index (κ3) is 5.32. The summed E-state index contributed by atoms with van der Waals surface area (Å²) < 4.78 is 6.01. The van der Waals surface area contributed by atoms with Gasteiger partial charge in [0.25, 0.3) is 0 Å². The average molecular weight is 386 g/mol. The van der Waals surface area contributed by atoms with Crippen molar-refractivity contribution in [1.29, 1.82) is 0 Å². The molecule has 4 nitrogen and oxygen atoms in total. The van der Waals surface area contributed by atoms with E-state index in [1.807, 2.05) is 54.6 Å². The van der Waals surface area contributed by atoms with Crippen molar-refractivity contribution in [3.63, 3.8) is 0 Å². The number of ether oxygens (including phenoxy) is 1. The Kier molecular flexibility index (Phi) is 6.13. The van der Waals surface area contributed by atoms with Crippen molar-refractivity contribution in [2.24, 2.45) is 10.2 Å². The summed E-state index contributed by atoms with van der Waals surface area (Å²) in [7, 11) is 0. The number of nitrogens with zero attached hydrogens (tertiary/aromatic N) is 2. The van der Waals surface area contributed by atoms with Crippen molar-refractivity contribution in [3.05, 3.63) is 90.0 Å². The number of hydrogen-bond acceptors (Lipinski definition) is 4. The highest BCUT2D eigenvalue weighted by atomic mass is 16.5. The predicted octanol–water partition coefficient (Wildman–Crippen LogP) is 7.33. The Labute approximate surface area is 172 Å². The molecular weight excluding hydrogens is 360 g/mol. The molecule has 0 fully saturated rings. The van der Waals surface area contributed by atoms with Crippen LogP contribution in [-0.2, 0) is 12.0 Å². The molecule has 0 atom stereocenters. The van der Waals surface area contributed by atoms with Crippen molar-refractivity contribution < 1.29 is 9.84 Å². The molecular formula is C25H26N2O2. The molecule has 29 heavy (non-hydrogen) atoms. The van der Waals surface area contributed by atoms with Gasteiger partial charge in [0.05, 0.1) is 11.4 Å². The summed E-state index contributed by atoms with van der Waals surface area (Å²) in [6.07, 6.45) is 1.78. The highest BCUT2D eigenvalue weighted by Gasteiger charge is 2.19. The van der Waals surface area contributed by atoms with Crippen LogP contribution in [0, 0.1) is 0 Å². The molecule has 4 heteroatoms. The molecule has 0 bridgehead atoms. The molecule has 0 amide bonds. The minimum absolute atomic E-state index is 0.176. The maximum atomic E-state index is 10.1. The quantitative estimate of drug-likeness (QED) is 0.451. The molecule has 3 aromatic rings. The summed E-state index contributed by atoms with van der Waals surface area (Å²) >= 11 is 0. The number of rotatable bonds is 6. The van der Waals surface area contributed by atoms with Crippen LogP contribution in [0.3, 0.4) is 0 Å². The first-order chi connectivity index (χ1) is 13.9. The van der Waals surface area contributed by atoms with E-state index >= 15 is 0 Å². The van der Waals surface area contributed by atoms with E-state index in [1.54, 1.807) is 18.2 Å². The fraction of sp³-hybridized carbons (Fsp3) is 0.200. The zero-order valence-corrected chi connectivity index (χ0v) is 17.1. The third-order valence-electron chi connectivity index (χ3n) is 4.54. The van der Waals surface area contributed by atoms with Gasteiger partial charge in [-0.25, -0.2) is 0 Å². The summed E-state index contributed by atoms with van der Waals surface area (Å²) in [6, 6.07) is 20.8.